The quantitative estimate of drug-likeness (QED) is 0.613. The van der Waals surface area contributed by atoms with Crippen LogP contribution in [0.2, 0.25) is 0 Å². The fourth-order valence-electron chi connectivity index (χ4n) is 2.22. The van der Waals surface area contributed by atoms with Crippen LogP contribution in [0.3, 0.4) is 0 Å². The number of carbonyl (C=O) groups excluding carboxylic acids is 2. The number of amides is 3. The fourth-order valence-corrected chi connectivity index (χ4v) is 3.15. The first kappa shape index (κ1) is 21.7. The van der Waals surface area contributed by atoms with Crippen LogP contribution in [-0.4, -0.2) is 51.9 Å². The number of nitrogens with one attached hydrogen (secondary N) is 2. The van der Waals surface area contributed by atoms with Gasteiger partial charge in [0.15, 0.2) is 0 Å². The highest BCUT2D eigenvalue weighted by Gasteiger charge is 2.27. The Morgan fingerprint density at radius 3 is 2.38 bits per heavy atom. The van der Waals surface area contributed by atoms with Gasteiger partial charge in [0.1, 0.15) is 11.8 Å². The van der Waals surface area contributed by atoms with E-state index in [2.05, 4.69) is 10.6 Å². The van der Waals surface area contributed by atoms with Gasteiger partial charge in [-0.3, -0.25) is 4.79 Å². The maximum absolute atomic E-state index is 12.6. The van der Waals surface area contributed by atoms with E-state index in [-0.39, 0.29) is 22.3 Å². The number of ether oxygens (including phenoxy) is 1. The van der Waals surface area contributed by atoms with Crippen LogP contribution < -0.4 is 21.1 Å². The maximum Gasteiger partial charge on any atom is 0.312 e. The molecule has 0 unspecified atom stereocenters. The van der Waals surface area contributed by atoms with Crippen LogP contribution in [0.25, 0.3) is 0 Å². The zero-order chi connectivity index (χ0) is 20.1. The first-order chi connectivity index (χ1) is 12.0. The first-order valence-corrected chi connectivity index (χ1v) is 9.46. The second kappa shape index (κ2) is 8.86. The molecule has 0 aromatic heterocycles. The Hall–Kier alpha value is -2.33. The number of methoxy groups -OCH3 is 1. The van der Waals surface area contributed by atoms with Crippen LogP contribution in [0.15, 0.2) is 23.1 Å². The summed E-state index contributed by atoms with van der Waals surface area (Å²) in [5.41, 5.74) is 5.33. The highest BCUT2D eigenvalue weighted by atomic mass is 32.2. The molecule has 0 fully saturated rings. The number of urea groups is 1. The van der Waals surface area contributed by atoms with Gasteiger partial charge in [0.2, 0.25) is 15.9 Å². The van der Waals surface area contributed by atoms with Crippen molar-refractivity contribution in [2.45, 2.75) is 31.2 Å². The maximum atomic E-state index is 12.6. The van der Waals surface area contributed by atoms with E-state index in [1.165, 1.54) is 39.4 Å². The van der Waals surface area contributed by atoms with Crippen LogP contribution in [0.5, 0.6) is 5.75 Å². The summed E-state index contributed by atoms with van der Waals surface area (Å²) < 4.78 is 30.9. The Bertz CT molecular complexity index is 764. The Balaban J connectivity index is 3.24. The Morgan fingerprint density at radius 2 is 1.92 bits per heavy atom. The molecule has 0 saturated carbocycles. The van der Waals surface area contributed by atoms with Gasteiger partial charge in [-0.15, -0.1) is 0 Å². The molecule has 1 aromatic rings. The van der Waals surface area contributed by atoms with Crippen molar-refractivity contribution < 1.29 is 22.7 Å². The number of benzene rings is 1. The number of rotatable bonds is 8. The second-order valence-electron chi connectivity index (χ2n) is 6.01. The van der Waals surface area contributed by atoms with Gasteiger partial charge >= 0.3 is 6.03 Å². The van der Waals surface area contributed by atoms with Crippen LogP contribution >= 0.6 is 0 Å². The number of hydrogen-bond acceptors (Lipinski definition) is 5. The normalized spacial score (nSPS) is 13.8. The van der Waals surface area contributed by atoms with Crippen molar-refractivity contribution in [3.05, 3.63) is 18.2 Å². The number of hydrogen-bond donors (Lipinski definition) is 3. The van der Waals surface area contributed by atoms with Crippen LogP contribution in [0, 0.1) is 5.92 Å². The highest BCUT2D eigenvalue weighted by molar-refractivity contribution is 7.89. The van der Waals surface area contributed by atoms with E-state index in [4.69, 9.17) is 10.5 Å². The summed E-state index contributed by atoms with van der Waals surface area (Å²) in [6.45, 7) is 3.67. The number of anilines is 1. The molecule has 0 aliphatic rings. The van der Waals surface area contributed by atoms with Crippen molar-refractivity contribution >= 4 is 27.6 Å². The van der Waals surface area contributed by atoms with Gasteiger partial charge in [0.05, 0.1) is 17.7 Å². The molecule has 3 amide bonds. The molecular weight excluding hydrogens is 360 g/mol. The van der Waals surface area contributed by atoms with E-state index in [0.29, 0.717) is 6.42 Å². The minimum Gasteiger partial charge on any atom is -0.495 e. The van der Waals surface area contributed by atoms with Crippen molar-refractivity contribution in [1.29, 1.82) is 0 Å². The lowest BCUT2D eigenvalue weighted by atomic mass is 9.98. The van der Waals surface area contributed by atoms with Gasteiger partial charge < -0.3 is 21.1 Å². The monoisotopic (exact) mass is 386 g/mol. The molecule has 10 heteroatoms. The minimum absolute atomic E-state index is 0.00144. The predicted molar refractivity (Wildman–Crippen MR) is 98.5 cm³/mol. The van der Waals surface area contributed by atoms with Crippen molar-refractivity contribution in [3.8, 4) is 5.75 Å². The highest BCUT2D eigenvalue weighted by Crippen LogP contribution is 2.29. The molecule has 1 aromatic carbocycles. The third-order valence-electron chi connectivity index (χ3n) is 4.00. The van der Waals surface area contributed by atoms with Gasteiger partial charge in [-0.25, -0.2) is 17.5 Å². The SMILES string of the molecule is CC[C@H](C)[C@H](NC(N)=O)C(=O)Nc1cc(S(=O)(=O)N(C)C)ccc1OC. The Morgan fingerprint density at radius 1 is 1.31 bits per heavy atom. The lowest BCUT2D eigenvalue weighted by Crippen LogP contribution is -2.49. The smallest absolute Gasteiger partial charge is 0.312 e. The third kappa shape index (κ3) is 5.09. The minimum atomic E-state index is -3.68. The van der Waals surface area contributed by atoms with E-state index in [9.17, 15) is 18.0 Å². The lowest BCUT2D eigenvalue weighted by Gasteiger charge is -2.23. The summed E-state index contributed by atoms with van der Waals surface area (Å²) >= 11 is 0. The predicted octanol–water partition coefficient (Wildman–Crippen LogP) is 0.967. The topological polar surface area (TPSA) is 131 Å². The molecular formula is C16H26N4O5S. The molecule has 9 nitrogen and oxygen atoms in total. The fraction of sp³-hybridized carbons (Fsp3) is 0.500. The van der Waals surface area contributed by atoms with Crippen LogP contribution in [0.4, 0.5) is 10.5 Å². The summed E-state index contributed by atoms with van der Waals surface area (Å²) in [6.07, 6.45) is 0.630. The molecule has 0 bridgehead atoms. The summed E-state index contributed by atoms with van der Waals surface area (Å²) in [7, 11) is 0.539. The molecule has 1 rings (SSSR count). The molecule has 0 saturated heterocycles. The Kier molecular flexibility index (Phi) is 7.40. The molecule has 0 heterocycles. The molecule has 2 atom stereocenters. The number of nitrogens with zero attached hydrogens (tertiary/aromatic N) is 1. The van der Waals surface area contributed by atoms with Gasteiger partial charge in [-0.05, 0) is 24.1 Å². The van der Waals surface area contributed by atoms with E-state index in [1.54, 1.807) is 6.92 Å². The standard InChI is InChI=1S/C16H26N4O5S/c1-6-10(2)14(19-16(17)22)15(21)18-12-9-11(7-8-13(12)25-5)26(23,24)20(3)4/h7-10,14H,6H2,1-5H3,(H,18,21)(H3,17,19,22)/t10-,14-/m0/s1. The van der Waals surface area contributed by atoms with Crippen molar-refractivity contribution in [1.82, 2.24) is 9.62 Å². The molecule has 0 spiro atoms. The third-order valence-corrected chi connectivity index (χ3v) is 5.81. The Labute approximate surface area is 153 Å². The van der Waals surface area contributed by atoms with E-state index >= 15 is 0 Å². The van der Waals surface area contributed by atoms with E-state index < -0.39 is 28.0 Å². The van der Waals surface area contributed by atoms with Gasteiger partial charge in [-0.1, -0.05) is 20.3 Å². The van der Waals surface area contributed by atoms with E-state index in [0.717, 1.165) is 4.31 Å². The molecule has 0 aliphatic heterocycles. The zero-order valence-electron chi connectivity index (χ0n) is 15.6. The summed E-state index contributed by atoms with van der Waals surface area (Å²) in [5.74, 6) is -0.406. The van der Waals surface area contributed by atoms with Crippen molar-refractivity contribution in [2.24, 2.45) is 11.7 Å². The van der Waals surface area contributed by atoms with Gasteiger partial charge in [0.25, 0.3) is 0 Å². The number of nitrogens with two attached hydrogens (primary N) is 1. The van der Waals surface area contributed by atoms with E-state index in [1.807, 2.05) is 6.92 Å². The average molecular weight is 386 g/mol. The lowest BCUT2D eigenvalue weighted by molar-refractivity contribution is -0.119. The largest absolute Gasteiger partial charge is 0.495 e. The van der Waals surface area contributed by atoms with Crippen LogP contribution in [-0.2, 0) is 14.8 Å². The number of carbonyl (C=O) groups is 2. The van der Waals surface area contributed by atoms with Crippen molar-refractivity contribution in [3.63, 3.8) is 0 Å². The van der Waals surface area contributed by atoms with Gasteiger partial charge in [0, 0.05) is 14.1 Å². The van der Waals surface area contributed by atoms with Crippen molar-refractivity contribution in [2.75, 3.05) is 26.5 Å². The second-order valence-corrected chi connectivity index (χ2v) is 8.16. The summed E-state index contributed by atoms with van der Waals surface area (Å²) in [4.78, 5) is 23.8. The summed E-state index contributed by atoms with van der Waals surface area (Å²) in [6, 6.07) is 2.46. The zero-order valence-corrected chi connectivity index (χ0v) is 16.4. The molecule has 146 valence electrons. The number of primary amides is 1. The average Bonchev–Trinajstić information content (AvgIpc) is 2.58. The molecule has 26 heavy (non-hydrogen) atoms. The molecule has 0 radical (unpaired) electrons. The molecule has 4 N–H and O–H groups in total. The molecule has 0 aliphatic carbocycles. The first-order valence-electron chi connectivity index (χ1n) is 8.02. The van der Waals surface area contributed by atoms with Gasteiger partial charge in [-0.2, -0.15) is 0 Å². The van der Waals surface area contributed by atoms with Crippen LogP contribution in [0.1, 0.15) is 20.3 Å². The number of sulfonamides is 1. The summed E-state index contributed by atoms with van der Waals surface area (Å²) in [5, 5.41) is 5.03.